The van der Waals surface area contributed by atoms with Crippen LogP contribution in [-0.2, 0) is 15.9 Å². The number of rotatable bonds is 10. The summed E-state index contributed by atoms with van der Waals surface area (Å²) in [6, 6.07) is 19.3. The summed E-state index contributed by atoms with van der Waals surface area (Å²) in [6.45, 7) is 4.16. The van der Waals surface area contributed by atoms with Crippen molar-refractivity contribution in [3.8, 4) is 0 Å². The molecule has 0 saturated carbocycles. The minimum absolute atomic E-state index is 0.0162. The van der Waals surface area contributed by atoms with Gasteiger partial charge < -0.3 is 19.5 Å². The van der Waals surface area contributed by atoms with Gasteiger partial charge in [-0.25, -0.2) is 0 Å². The lowest BCUT2D eigenvalue weighted by molar-refractivity contribution is -0.0515. The maximum absolute atomic E-state index is 12.9. The predicted molar refractivity (Wildman–Crippen MR) is 117 cm³/mol. The quantitative estimate of drug-likeness (QED) is 0.647. The molecule has 0 aliphatic carbocycles. The lowest BCUT2D eigenvalue weighted by Gasteiger charge is -2.36. The van der Waals surface area contributed by atoms with Gasteiger partial charge in [0.05, 0.1) is 25.4 Å². The number of amides is 1. The third-order valence-corrected chi connectivity index (χ3v) is 5.30. The van der Waals surface area contributed by atoms with Crippen molar-refractivity contribution >= 4 is 5.91 Å². The summed E-state index contributed by atoms with van der Waals surface area (Å²) in [5.74, 6) is -0.0162. The molecular weight excluding hydrogens is 380 g/mol. The number of β-amino-alcohol motifs (C(OH)–C–C–N with tert-alkyl or cyclic N) is 1. The summed E-state index contributed by atoms with van der Waals surface area (Å²) >= 11 is 0. The highest BCUT2D eigenvalue weighted by Gasteiger charge is 2.26. The van der Waals surface area contributed by atoms with Gasteiger partial charge in [0.2, 0.25) is 0 Å². The van der Waals surface area contributed by atoms with Gasteiger partial charge in [-0.3, -0.25) is 9.69 Å². The highest BCUT2D eigenvalue weighted by atomic mass is 16.5. The number of carbonyl (C=O) groups is 1. The molecule has 0 bridgehead atoms. The number of methoxy groups -OCH3 is 1. The molecule has 0 aromatic heterocycles. The molecular formula is C24H32N2O4. The van der Waals surface area contributed by atoms with Crippen LogP contribution in [0.3, 0.4) is 0 Å². The second kappa shape index (κ2) is 11.8. The van der Waals surface area contributed by atoms with E-state index >= 15 is 0 Å². The molecule has 1 fully saturated rings. The first kappa shape index (κ1) is 22.4. The average molecular weight is 413 g/mol. The Labute approximate surface area is 179 Å². The normalized spacial score (nSPS) is 18.1. The lowest BCUT2D eigenvalue weighted by atomic mass is 10.1. The first-order chi connectivity index (χ1) is 14.7. The molecule has 1 heterocycles. The zero-order valence-electron chi connectivity index (χ0n) is 17.7. The van der Waals surface area contributed by atoms with E-state index in [-0.39, 0.29) is 12.0 Å². The average Bonchev–Trinajstić information content (AvgIpc) is 2.77. The van der Waals surface area contributed by atoms with Crippen LogP contribution in [0.2, 0.25) is 0 Å². The van der Waals surface area contributed by atoms with E-state index in [0.29, 0.717) is 51.4 Å². The van der Waals surface area contributed by atoms with Crippen LogP contribution in [0.4, 0.5) is 0 Å². The Bertz CT molecular complexity index is 756. The molecule has 1 aliphatic heterocycles. The summed E-state index contributed by atoms with van der Waals surface area (Å²) in [7, 11) is 1.64. The Kier molecular flexibility index (Phi) is 8.83. The minimum Gasteiger partial charge on any atom is -0.391 e. The van der Waals surface area contributed by atoms with Gasteiger partial charge in [-0.15, -0.1) is 0 Å². The smallest absolute Gasteiger partial charge is 0.254 e. The molecule has 2 aromatic rings. The zero-order chi connectivity index (χ0) is 21.2. The second-order valence-electron chi connectivity index (χ2n) is 7.71. The standard InChI is InChI=1S/C24H32N2O4/c1-29-14-13-26(24(28)21-10-6-3-7-11-21)19-23-18-25(12-15-30-23)17-22(27)16-20-8-4-2-5-9-20/h2-11,22-23,27H,12-19H2,1H3/t22-,23+/m1/s1. The Morgan fingerprint density at radius 1 is 1.20 bits per heavy atom. The van der Waals surface area contributed by atoms with Crippen molar-refractivity contribution in [3.63, 3.8) is 0 Å². The number of aliphatic hydroxyl groups is 1. The van der Waals surface area contributed by atoms with Crippen LogP contribution in [-0.4, -0.2) is 86.1 Å². The number of ether oxygens (including phenoxy) is 2. The second-order valence-corrected chi connectivity index (χ2v) is 7.71. The maximum Gasteiger partial charge on any atom is 0.254 e. The fourth-order valence-electron chi connectivity index (χ4n) is 3.79. The molecule has 162 valence electrons. The SMILES string of the molecule is COCCN(C[C@@H]1CN(C[C@H](O)Cc2ccccc2)CCO1)C(=O)c1ccccc1. The van der Waals surface area contributed by atoms with Crippen LogP contribution in [0.1, 0.15) is 15.9 Å². The third-order valence-electron chi connectivity index (χ3n) is 5.30. The van der Waals surface area contributed by atoms with Crippen LogP contribution < -0.4 is 0 Å². The highest BCUT2D eigenvalue weighted by molar-refractivity contribution is 5.94. The topological polar surface area (TPSA) is 62.2 Å². The van der Waals surface area contributed by atoms with Gasteiger partial charge in [-0.1, -0.05) is 48.5 Å². The van der Waals surface area contributed by atoms with Crippen LogP contribution in [0.15, 0.2) is 60.7 Å². The maximum atomic E-state index is 12.9. The molecule has 1 amide bonds. The van der Waals surface area contributed by atoms with Crippen molar-refractivity contribution in [2.24, 2.45) is 0 Å². The number of hydrogen-bond acceptors (Lipinski definition) is 5. The van der Waals surface area contributed by atoms with Gasteiger partial charge in [-0.2, -0.15) is 0 Å². The first-order valence-corrected chi connectivity index (χ1v) is 10.5. The van der Waals surface area contributed by atoms with Crippen molar-refractivity contribution in [1.82, 2.24) is 9.80 Å². The number of aliphatic hydroxyl groups excluding tert-OH is 1. The fraction of sp³-hybridized carbons (Fsp3) is 0.458. The Morgan fingerprint density at radius 3 is 2.60 bits per heavy atom. The molecule has 0 unspecified atom stereocenters. The molecule has 6 nitrogen and oxygen atoms in total. The zero-order valence-corrected chi connectivity index (χ0v) is 17.7. The van der Waals surface area contributed by atoms with Crippen molar-refractivity contribution in [1.29, 1.82) is 0 Å². The van der Waals surface area contributed by atoms with Gasteiger partial charge in [-0.05, 0) is 24.1 Å². The fourth-order valence-corrected chi connectivity index (χ4v) is 3.79. The summed E-state index contributed by atoms with van der Waals surface area (Å²) in [6.07, 6.45) is 0.115. The van der Waals surface area contributed by atoms with Gasteiger partial charge in [0, 0.05) is 45.4 Å². The summed E-state index contributed by atoms with van der Waals surface area (Å²) in [4.78, 5) is 17.0. The Hall–Kier alpha value is -2.25. The van der Waals surface area contributed by atoms with Crippen molar-refractivity contribution < 1.29 is 19.4 Å². The number of hydrogen-bond donors (Lipinski definition) is 1. The van der Waals surface area contributed by atoms with Gasteiger partial charge in [0.1, 0.15) is 0 Å². The number of nitrogens with zero attached hydrogens (tertiary/aromatic N) is 2. The van der Waals surface area contributed by atoms with E-state index in [9.17, 15) is 9.90 Å². The lowest BCUT2D eigenvalue weighted by Crippen LogP contribution is -2.51. The van der Waals surface area contributed by atoms with E-state index < -0.39 is 6.10 Å². The number of morpholine rings is 1. The van der Waals surface area contributed by atoms with E-state index in [0.717, 1.165) is 12.1 Å². The summed E-state index contributed by atoms with van der Waals surface area (Å²) in [5.41, 5.74) is 1.80. The van der Waals surface area contributed by atoms with Crippen LogP contribution in [0.5, 0.6) is 0 Å². The molecule has 1 N–H and O–H groups in total. The van der Waals surface area contributed by atoms with Gasteiger partial charge >= 0.3 is 0 Å². The Morgan fingerprint density at radius 2 is 1.90 bits per heavy atom. The monoisotopic (exact) mass is 412 g/mol. The van der Waals surface area contributed by atoms with Gasteiger partial charge in [0.25, 0.3) is 5.91 Å². The molecule has 0 radical (unpaired) electrons. The molecule has 3 rings (SSSR count). The first-order valence-electron chi connectivity index (χ1n) is 10.5. The number of benzene rings is 2. The van der Waals surface area contributed by atoms with Crippen molar-refractivity contribution in [3.05, 3.63) is 71.8 Å². The van der Waals surface area contributed by atoms with Crippen LogP contribution >= 0.6 is 0 Å². The highest BCUT2D eigenvalue weighted by Crippen LogP contribution is 2.12. The largest absolute Gasteiger partial charge is 0.391 e. The van der Waals surface area contributed by atoms with E-state index in [1.54, 1.807) is 12.0 Å². The molecule has 1 aliphatic rings. The number of carbonyl (C=O) groups excluding carboxylic acids is 1. The predicted octanol–water partition coefficient (Wildman–Crippen LogP) is 2.08. The van der Waals surface area contributed by atoms with E-state index in [4.69, 9.17) is 9.47 Å². The molecule has 2 atom stereocenters. The molecule has 30 heavy (non-hydrogen) atoms. The third kappa shape index (κ3) is 6.92. The minimum atomic E-state index is -0.429. The van der Waals surface area contributed by atoms with Crippen molar-refractivity contribution in [2.45, 2.75) is 18.6 Å². The van der Waals surface area contributed by atoms with Crippen LogP contribution in [0.25, 0.3) is 0 Å². The van der Waals surface area contributed by atoms with Gasteiger partial charge in [0.15, 0.2) is 0 Å². The van der Waals surface area contributed by atoms with E-state index in [1.165, 1.54) is 0 Å². The van der Waals surface area contributed by atoms with E-state index in [1.807, 2.05) is 60.7 Å². The molecule has 1 saturated heterocycles. The molecule has 2 aromatic carbocycles. The summed E-state index contributed by atoms with van der Waals surface area (Å²) in [5, 5.41) is 10.5. The molecule has 6 heteroatoms. The van der Waals surface area contributed by atoms with Crippen LogP contribution in [0, 0.1) is 0 Å². The molecule has 0 spiro atoms. The summed E-state index contributed by atoms with van der Waals surface area (Å²) < 4.78 is 11.1. The Balaban J connectivity index is 1.55. The van der Waals surface area contributed by atoms with Crippen molar-refractivity contribution in [2.75, 3.05) is 53.0 Å². The van der Waals surface area contributed by atoms with E-state index in [2.05, 4.69) is 4.90 Å².